The summed E-state index contributed by atoms with van der Waals surface area (Å²) in [5, 5.41) is 5.18. The highest BCUT2D eigenvalue weighted by atomic mass is 15.3. The first-order valence-corrected chi connectivity index (χ1v) is 20.0. The fourth-order valence-corrected chi connectivity index (χ4v) is 7.79. The van der Waals surface area contributed by atoms with Gasteiger partial charge in [-0.3, -0.25) is 0 Å². The van der Waals surface area contributed by atoms with Gasteiger partial charge in [-0.2, -0.15) is 5.10 Å². The molecule has 0 atom stereocenters. The maximum atomic E-state index is 5.18. The van der Waals surface area contributed by atoms with Gasteiger partial charge in [0.1, 0.15) is 0 Å². The molecule has 280 valence electrons. The van der Waals surface area contributed by atoms with E-state index in [1.54, 1.807) is 0 Å². The Morgan fingerprint density at radius 2 is 0.793 bits per heavy atom. The Labute approximate surface area is 342 Å². The van der Waals surface area contributed by atoms with E-state index in [0.717, 1.165) is 50.8 Å². The van der Waals surface area contributed by atoms with Gasteiger partial charge in [0.15, 0.2) is 0 Å². The summed E-state index contributed by atoms with van der Waals surface area (Å²) in [6, 6.07) is 77.9. The molecule has 0 fully saturated rings. The van der Waals surface area contributed by atoms with E-state index in [0.29, 0.717) is 0 Å². The molecule has 0 N–H and O–H groups in total. The van der Waals surface area contributed by atoms with Crippen molar-refractivity contribution >= 4 is 17.1 Å². The number of rotatable bonds is 9. The fourth-order valence-electron chi connectivity index (χ4n) is 7.79. The summed E-state index contributed by atoms with van der Waals surface area (Å²) in [5.74, 6) is 0. The van der Waals surface area contributed by atoms with E-state index in [1.165, 1.54) is 33.4 Å². The quantitative estimate of drug-likeness (QED) is 0.147. The lowest BCUT2D eigenvalue weighted by molar-refractivity contribution is 0.590. The zero-order valence-electron chi connectivity index (χ0n) is 33.1. The van der Waals surface area contributed by atoms with E-state index in [4.69, 9.17) is 5.10 Å². The van der Waals surface area contributed by atoms with Gasteiger partial charge in [-0.15, -0.1) is 0 Å². The number of anilines is 3. The number of benzene rings is 8. The molecule has 0 aliphatic heterocycles. The van der Waals surface area contributed by atoms with E-state index in [2.05, 4.69) is 243 Å². The molecule has 3 heteroatoms. The third kappa shape index (κ3) is 7.38. The molecule has 0 unspecified atom stereocenters. The number of para-hydroxylation sites is 2. The van der Waals surface area contributed by atoms with Gasteiger partial charge in [0.05, 0.1) is 17.1 Å². The van der Waals surface area contributed by atoms with Crippen molar-refractivity contribution in [2.24, 2.45) is 0 Å². The number of nitrogens with zero attached hydrogens (tertiary/aromatic N) is 3. The topological polar surface area (TPSA) is 21.1 Å². The molecular weight excluding hydrogens is 703 g/mol. The number of hydrogen-bond donors (Lipinski definition) is 0. The van der Waals surface area contributed by atoms with Gasteiger partial charge in [-0.1, -0.05) is 185 Å². The van der Waals surface area contributed by atoms with Crippen LogP contribution in [0.2, 0.25) is 0 Å². The summed E-state index contributed by atoms with van der Waals surface area (Å²) in [6.45, 7) is 6.76. The van der Waals surface area contributed by atoms with Gasteiger partial charge in [-0.25, -0.2) is 4.68 Å². The minimum atomic E-state index is 0.0816. The molecule has 9 rings (SSSR count). The first-order chi connectivity index (χ1) is 28.4. The molecule has 0 aliphatic rings. The first kappa shape index (κ1) is 36.4. The molecule has 0 saturated heterocycles. The van der Waals surface area contributed by atoms with E-state index >= 15 is 0 Å². The normalized spacial score (nSPS) is 11.4. The van der Waals surface area contributed by atoms with Crippen LogP contribution in [0, 0.1) is 0 Å². The van der Waals surface area contributed by atoms with E-state index < -0.39 is 0 Å². The third-order valence-electron chi connectivity index (χ3n) is 10.9. The van der Waals surface area contributed by atoms with Crippen LogP contribution in [0.15, 0.2) is 218 Å². The second kappa shape index (κ2) is 15.7. The maximum Gasteiger partial charge on any atom is 0.0934 e. The highest BCUT2D eigenvalue weighted by Gasteiger charge is 2.18. The molecule has 0 saturated carbocycles. The second-order valence-electron chi connectivity index (χ2n) is 15.7. The van der Waals surface area contributed by atoms with E-state index in [-0.39, 0.29) is 5.41 Å². The summed E-state index contributed by atoms with van der Waals surface area (Å²) in [7, 11) is 0. The standard InChI is InChI=1S/C55H45N3/c1-55(2,3)44-33-27-43(28-34-44)54-39-53(42-17-7-4-8-18-42)56-58(54)48-37-31-41(32-38-48)50-24-14-16-26-52(50)51-25-15-13-23-49(51)40-29-35-47(36-30-40)57(45-19-9-5-10-20-45)46-21-11-6-12-22-46/h4-39H,1-3H3. The van der Waals surface area contributed by atoms with Crippen molar-refractivity contribution in [1.82, 2.24) is 9.78 Å². The second-order valence-corrected chi connectivity index (χ2v) is 15.7. The Bertz CT molecular complexity index is 2720. The van der Waals surface area contributed by atoms with E-state index in [9.17, 15) is 0 Å². The lowest BCUT2D eigenvalue weighted by Gasteiger charge is -2.25. The highest BCUT2D eigenvalue weighted by Crippen LogP contribution is 2.41. The molecule has 0 aliphatic carbocycles. The Kier molecular flexibility index (Phi) is 9.87. The molecule has 1 aromatic heterocycles. The predicted octanol–water partition coefficient (Wildman–Crippen LogP) is 15.0. The summed E-state index contributed by atoms with van der Waals surface area (Å²) in [6.07, 6.45) is 0. The zero-order chi connectivity index (χ0) is 39.5. The van der Waals surface area contributed by atoms with Crippen molar-refractivity contribution in [3.63, 3.8) is 0 Å². The molecule has 58 heavy (non-hydrogen) atoms. The van der Waals surface area contributed by atoms with Crippen molar-refractivity contribution in [2.45, 2.75) is 26.2 Å². The van der Waals surface area contributed by atoms with Crippen LogP contribution >= 0.6 is 0 Å². The predicted molar refractivity (Wildman–Crippen MR) is 244 cm³/mol. The summed E-state index contributed by atoms with van der Waals surface area (Å²) < 4.78 is 2.08. The van der Waals surface area contributed by atoms with Gasteiger partial charge in [0, 0.05) is 28.2 Å². The zero-order valence-corrected chi connectivity index (χ0v) is 33.1. The molecule has 3 nitrogen and oxygen atoms in total. The van der Waals surface area contributed by atoms with Crippen LogP contribution in [-0.2, 0) is 5.41 Å². The van der Waals surface area contributed by atoms with Gasteiger partial charge in [-0.05, 0) is 99.0 Å². The molecule has 8 aromatic carbocycles. The van der Waals surface area contributed by atoms with Gasteiger partial charge < -0.3 is 4.90 Å². The van der Waals surface area contributed by atoms with Crippen molar-refractivity contribution < 1.29 is 0 Å². The van der Waals surface area contributed by atoms with E-state index in [1.807, 2.05) is 6.07 Å². The van der Waals surface area contributed by atoms with Gasteiger partial charge in [0.2, 0.25) is 0 Å². The van der Waals surface area contributed by atoms with Crippen LogP contribution in [0.5, 0.6) is 0 Å². The Hall–Kier alpha value is -7.23. The average Bonchev–Trinajstić information content (AvgIpc) is 3.74. The molecule has 0 amide bonds. The van der Waals surface area contributed by atoms with Gasteiger partial charge >= 0.3 is 0 Å². The van der Waals surface area contributed by atoms with Crippen LogP contribution in [0.3, 0.4) is 0 Å². The Morgan fingerprint density at radius 1 is 0.379 bits per heavy atom. The largest absolute Gasteiger partial charge is 0.311 e. The Morgan fingerprint density at radius 3 is 1.29 bits per heavy atom. The van der Waals surface area contributed by atoms with Crippen molar-refractivity contribution in [1.29, 1.82) is 0 Å². The van der Waals surface area contributed by atoms with Crippen LogP contribution in [-0.4, -0.2) is 9.78 Å². The number of hydrogen-bond acceptors (Lipinski definition) is 2. The molecule has 9 aromatic rings. The SMILES string of the molecule is CC(C)(C)c1ccc(-c2cc(-c3ccccc3)nn2-c2ccc(-c3ccccc3-c3ccccc3-c3ccc(N(c4ccccc4)c4ccccc4)cc3)cc2)cc1. The molecule has 0 bridgehead atoms. The number of aromatic nitrogens is 2. The summed E-state index contributed by atoms with van der Waals surface area (Å²) in [5.41, 5.74) is 17.1. The van der Waals surface area contributed by atoms with Crippen LogP contribution in [0.4, 0.5) is 17.1 Å². The third-order valence-corrected chi connectivity index (χ3v) is 10.9. The van der Waals surface area contributed by atoms with Crippen molar-refractivity contribution in [3.8, 4) is 61.6 Å². The minimum absolute atomic E-state index is 0.0816. The Balaban J connectivity index is 1.06. The molecule has 1 heterocycles. The molecular formula is C55H45N3. The lowest BCUT2D eigenvalue weighted by Crippen LogP contribution is -2.10. The average molecular weight is 748 g/mol. The summed E-state index contributed by atoms with van der Waals surface area (Å²) >= 11 is 0. The monoisotopic (exact) mass is 747 g/mol. The maximum absolute atomic E-state index is 5.18. The van der Waals surface area contributed by atoms with Crippen molar-refractivity contribution in [3.05, 3.63) is 224 Å². The molecule has 0 spiro atoms. The summed E-state index contributed by atoms with van der Waals surface area (Å²) in [4.78, 5) is 2.30. The van der Waals surface area contributed by atoms with Crippen molar-refractivity contribution in [2.75, 3.05) is 4.90 Å². The van der Waals surface area contributed by atoms with Crippen LogP contribution < -0.4 is 4.90 Å². The minimum Gasteiger partial charge on any atom is -0.311 e. The van der Waals surface area contributed by atoms with Crippen LogP contribution in [0.1, 0.15) is 26.3 Å². The smallest absolute Gasteiger partial charge is 0.0934 e. The van der Waals surface area contributed by atoms with Crippen LogP contribution in [0.25, 0.3) is 61.6 Å². The molecule has 0 radical (unpaired) electrons. The van der Waals surface area contributed by atoms with Gasteiger partial charge in [0.25, 0.3) is 0 Å². The fraction of sp³-hybridized carbons (Fsp3) is 0.0727. The lowest BCUT2D eigenvalue weighted by atomic mass is 9.86. The first-order valence-electron chi connectivity index (χ1n) is 20.0. The highest BCUT2D eigenvalue weighted by molar-refractivity contribution is 5.92.